The largest absolute Gasteiger partial charge is 0.467 e. The summed E-state index contributed by atoms with van der Waals surface area (Å²) < 4.78 is 14.6. The number of ether oxygens (including phenoxy) is 3. The van der Waals surface area contributed by atoms with E-state index in [-0.39, 0.29) is 17.9 Å². The number of nitrogens with zero attached hydrogens (tertiary/aromatic N) is 2. The standard InChI is InChI=1S/C19H20N2O6/c1-21(19(24)27-12-13-7-5-4-6-8-13)16(18(23)26-3)15-10-9-14(11-20-15)17(22)25-2/h4-11,16H,12H2,1-3H3. The van der Waals surface area contributed by atoms with E-state index >= 15 is 0 Å². The second-order valence-electron chi connectivity index (χ2n) is 5.54. The Morgan fingerprint density at radius 2 is 1.74 bits per heavy atom. The maximum Gasteiger partial charge on any atom is 0.410 e. The minimum absolute atomic E-state index is 0.0621. The van der Waals surface area contributed by atoms with Crippen molar-refractivity contribution in [3.8, 4) is 0 Å². The molecule has 0 bridgehead atoms. The van der Waals surface area contributed by atoms with Crippen LogP contribution in [0.25, 0.3) is 0 Å². The second-order valence-corrected chi connectivity index (χ2v) is 5.54. The van der Waals surface area contributed by atoms with E-state index in [1.54, 1.807) is 0 Å². The Morgan fingerprint density at radius 3 is 2.30 bits per heavy atom. The number of hydrogen-bond donors (Lipinski definition) is 0. The summed E-state index contributed by atoms with van der Waals surface area (Å²) in [5, 5.41) is 0. The second kappa shape index (κ2) is 9.33. The van der Waals surface area contributed by atoms with Gasteiger partial charge in [-0.25, -0.2) is 14.4 Å². The van der Waals surface area contributed by atoms with Crippen LogP contribution in [0.15, 0.2) is 48.7 Å². The number of carbonyl (C=O) groups is 3. The number of rotatable bonds is 6. The first-order valence-corrected chi connectivity index (χ1v) is 8.03. The van der Waals surface area contributed by atoms with E-state index in [0.29, 0.717) is 0 Å². The van der Waals surface area contributed by atoms with Crippen LogP contribution >= 0.6 is 0 Å². The van der Waals surface area contributed by atoms with Crippen molar-refractivity contribution in [2.75, 3.05) is 21.3 Å². The van der Waals surface area contributed by atoms with E-state index in [2.05, 4.69) is 9.72 Å². The van der Waals surface area contributed by atoms with Crippen molar-refractivity contribution in [2.45, 2.75) is 12.6 Å². The number of amides is 1. The number of methoxy groups -OCH3 is 2. The van der Waals surface area contributed by atoms with Gasteiger partial charge in [0.15, 0.2) is 6.04 Å². The van der Waals surface area contributed by atoms with Gasteiger partial charge in [0.25, 0.3) is 0 Å². The van der Waals surface area contributed by atoms with Gasteiger partial charge >= 0.3 is 18.0 Å². The van der Waals surface area contributed by atoms with Gasteiger partial charge in [-0.15, -0.1) is 0 Å². The maximum atomic E-state index is 12.4. The molecular weight excluding hydrogens is 352 g/mol. The molecule has 1 heterocycles. The van der Waals surface area contributed by atoms with Gasteiger partial charge in [0.05, 0.1) is 25.5 Å². The average Bonchev–Trinajstić information content (AvgIpc) is 2.72. The molecule has 1 aromatic heterocycles. The molecule has 0 aliphatic rings. The molecular formula is C19H20N2O6. The van der Waals surface area contributed by atoms with E-state index < -0.39 is 24.1 Å². The molecule has 0 N–H and O–H groups in total. The van der Waals surface area contributed by atoms with Crippen LogP contribution in [0, 0.1) is 0 Å². The van der Waals surface area contributed by atoms with Crippen molar-refractivity contribution in [3.05, 3.63) is 65.5 Å². The number of carbonyl (C=O) groups excluding carboxylic acids is 3. The molecule has 0 spiro atoms. The number of esters is 2. The molecule has 0 radical (unpaired) electrons. The fourth-order valence-corrected chi connectivity index (χ4v) is 2.32. The SMILES string of the molecule is COC(=O)c1ccc(C(C(=O)OC)N(C)C(=O)OCc2ccccc2)nc1. The van der Waals surface area contributed by atoms with Crippen LogP contribution in [0.3, 0.4) is 0 Å². The lowest BCUT2D eigenvalue weighted by Crippen LogP contribution is -2.37. The van der Waals surface area contributed by atoms with Crippen LogP contribution in [0.4, 0.5) is 4.79 Å². The number of hydrogen-bond acceptors (Lipinski definition) is 7. The molecule has 27 heavy (non-hydrogen) atoms. The minimum atomic E-state index is -1.12. The van der Waals surface area contributed by atoms with Crippen molar-refractivity contribution in [1.82, 2.24) is 9.88 Å². The number of aromatic nitrogens is 1. The first-order valence-electron chi connectivity index (χ1n) is 8.03. The fourth-order valence-electron chi connectivity index (χ4n) is 2.32. The summed E-state index contributed by atoms with van der Waals surface area (Å²) >= 11 is 0. The van der Waals surface area contributed by atoms with Crippen molar-refractivity contribution in [1.29, 1.82) is 0 Å². The van der Waals surface area contributed by atoms with Gasteiger partial charge in [0.1, 0.15) is 6.61 Å². The van der Waals surface area contributed by atoms with Crippen LogP contribution in [0.1, 0.15) is 27.7 Å². The monoisotopic (exact) mass is 372 g/mol. The van der Waals surface area contributed by atoms with Gasteiger partial charge in [-0.05, 0) is 17.7 Å². The van der Waals surface area contributed by atoms with Crippen LogP contribution in [0.5, 0.6) is 0 Å². The summed E-state index contributed by atoms with van der Waals surface area (Å²) in [5.41, 5.74) is 1.27. The minimum Gasteiger partial charge on any atom is -0.467 e. The Labute approximate surface area is 156 Å². The maximum absolute atomic E-state index is 12.4. The van der Waals surface area contributed by atoms with E-state index in [1.807, 2.05) is 30.3 Å². The lowest BCUT2D eigenvalue weighted by Gasteiger charge is -2.25. The van der Waals surface area contributed by atoms with Crippen LogP contribution in [-0.4, -0.2) is 49.2 Å². The highest BCUT2D eigenvalue weighted by Crippen LogP contribution is 2.21. The molecule has 1 atom stereocenters. The Morgan fingerprint density at radius 1 is 1.04 bits per heavy atom. The molecule has 0 saturated heterocycles. The summed E-state index contributed by atoms with van der Waals surface area (Å²) in [5.74, 6) is -1.24. The van der Waals surface area contributed by atoms with Gasteiger partial charge in [-0.1, -0.05) is 30.3 Å². The van der Waals surface area contributed by atoms with Crippen molar-refractivity contribution in [3.63, 3.8) is 0 Å². The zero-order valence-electron chi connectivity index (χ0n) is 15.2. The van der Waals surface area contributed by atoms with Gasteiger partial charge < -0.3 is 14.2 Å². The predicted octanol–water partition coefficient (Wildman–Crippen LogP) is 2.35. The molecule has 142 valence electrons. The fraction of sp³-hybridized carbons (Fsp3) is 0.263. The van der Waals surface area contributed by atoms with E-state index in [9.17, 15) is 14.4 Å². The molecule has 2 rings (SSSR count). The lowest BCUT2D eigenvalue weighted by atomic mass is 10.1. The van der Waals surface area contributed by atoms with E-state index in [1.165, 1.54) is 39.6 Å². The third-order valence-corrected chi connectivity index (χ3v) is 3.79. The zero-order valence-corrected chi connectivity index (χ0v) is 15.2. The van der Waals surface area contributed by atoms with Crippen LogP contribution in [0.2, 0.25) is 0 Å². The summed E-state index contributed by atoms with van der Waals surface area (Å²) in [4.78, 5) is 41.3. The smallest absolute Gasteiger partial charge is 0.410 e. The molecule has 1 amide bonds. The quantitative estimate of drug-likeness (QED) is 0.567. The Bertz CT molecular complexity index is 792. The van der Waals surface area contributed by atoms with Crippen molar-refractivity contribution < 1.29 is 28.6 Å². The topological polar surface area (TPSA) is 95.0 Å². The van der Waals surface area contributed by atoms with Crippen molar-refractivity contribution >= 4 is 18.0 Å². The number of pyridine rings is 1. The zero-order chi connectivity index (χ0) is 19.8. The molecule has 1 unspecified atom stereocenters. The summed E-state index contributed by atoms with van der Waals surface area (Å²) in [6, 6.07) is 10.9. The molecule has 2 aromatic rings. The summed E-state index contributed by atoms with van der Waals surface area (Å²) in [6.07, 6.45) is 0.549. The molecule has 0 saturated carbocycles. The molecule has 0 aliphatic heterocycles. The van der Waals surface area contributed by atoms with E-state index in [0.717, 1.165) is 10.5 Å². The molecule has 0 fully saturated rings. The highest BCUT2D eigenvalue weighted by molar-refractivity contribution is 5.89. The summed E-state index contributed by atoms with van der Waals surface area (Å²) in [7, 11) is 3.87. The van der Waals surface area contributed by atoms with E-state index in [4.69, 9.17) is 9.47 Å². The third-order valence-electron chi connectivity index (χ3n) is 3.79. The Balaban J connectivity index is 2.15. The molecule has 8 heteroatoms. The van der Waals surface area contributed by atoms with Gasteiger partial charge in [-0.3, -0.25) is 9.88 Å². The average molecular weight is 372 g/mol. The normalized spacial score (nSPS) is 11.2. The summed E-state index contributed by atoms with van der Waals surface area (Å²) in [6.45, 7) is 0.0621. The van der Waals surface area contributed by atoms with Gasteiger partial charge in [0, 0.05) is 13.2 Å². The van der Waals surface area contributed by atoms with Crippen LogP contribution < -0.4 is 0 Å². The predicted molar refractivity (Wildman–Crippen MR) is 94.7 cm³/mol. The first-order chi connectivity index (χ1) is 13.0. The molecule has 0 aliphatic carbocycles. The third kappa shape index (κ3) is 5.04. The highest BCUT2D eigenvalue weighted by atomic mass is 16.6. The Kier molecular flexibility index (Phi) is 6.87. The lowest BCUT2D eigenvalue weighted by molar-refractivity contribution is -0.146. The Hall–Kier alpha value is -3.42. The van der Waals surface area contributed by atoms with Gasteiger partial charge in [-0.2, -0.15) is 0 Å². The number of benzene rings is 1. The van der Waals surface area contributed by atoms with Gasteiger partial charge in [0.2, 0.25) is 0 Å². The number of likely N-dealkylation sites (N-methyl/N-ethyl adjacent to an activating group) is 1. The molecule has 8 nitrogen and oxygen atoms in total. The van der Waals surface area contributed by atoms with Crippen LogP contribution in [-0.2, 0) is 25.6 Å². The highest BCUT2D eigenvalue weighted by Gasteiger charge is 2.32. The first kappa shape index (κ1) is 19.9. The molecule has 1 aromatic carbocycles. The van der Waals surface area contributed by atoms with Crippen molar-refractivity contribution in [2.24, 2.45) is 0 Å².